The van der Waals surface area contributed by atoms with E-state index in [9.17, 15) is 55.5 Å². The van der Waals surface area contributed by atoms with Crippen LogP contribution in [-0.4, -0.2) is 111 Å². The highest BCUT2D eigenvalue weighted by molar-refractivity contribution is 6.10. The third-order valence-corrected chi connectivity index (χ3v) is 11.2. The van der Waals surface area contributed by atoms with E-state index in [0.29, 0.717) is 36.0 Å². The number of phenols is 3. The second kappa shape index (κ2) is 15.2. The number of aliphatic carboxylic acids is 1. The number of phenolic OH excluding ortho intramolecular Hbond substituents is 3. The van der Waals surface area contributed by atoms with Crippen LogP contribution in [0.25, 0.3) is 6.08 Å². The van der Waals surface area contributed by atoms with E-state index >= 15 is 0 Å². The van der Waals surface area contributed by atoms with Crippen LogP contribution < -0.4 is 9.64 Å². The van der Waals surface area contributed by atoms with E-state index < -0.39 is 77.7 Å². The number of carbonyl (C=O) groups is 2. The number of aliphatic hydroxyl groups is 5. The average molecular weight is 774 g/mol. The molecule has 1 aliphatic carbocycles. The van der Waals surface area contributed by atoms with Gasteiger partial charge in [-0.05, 0) is 66.1 Å². The summed E-state index contributed by atoms with van der Waals surface area (Å²) in [6.07, 6.45) is 1.27. The normalized spacial score (nSPS) is 27.1. The lowest BCUT2D eigenvalue weighted by molar-refractivity contribution is -0.422. The molecular weight excluding hydrogens is 730 g/mol. The molecule has 0 bridgehead atoms. The van der Waals surface area contributed by atoms with Crippen molar-refractivity contribution in [2.24, 2.45) is 0 Å². The minimum absolute atomic E-state index is 0.0176. The fourth-order valence-electron chi connectivity index (χ4n) is 8.45. The molecule has 1 amide bonds. The topological polar surface area (TPSA) is 267 Å². The molecule has 4 aromatic rings. The predicted octanol–water partition coefficient (Wildman–Crippen LogP) is 2.11. The number of carboxylic acids is 1. The monoisotopic (exact) mass is 773 g/mol. The van der Waals surface area contributed by atoms with Gasteiger partial charge in [0.25, 0.3) is 5.91 Å². The summed E-state index contributed by atoms with van der Waals surface area (Å²) in [4.78, 5) is 35.6. The van der Waals surface area contributed by atoms with Gasteiger partial charge in [0.15, 0.2) is 17.6 Å². The van der Waals surface area contributed by atoms with Crippen molar-refractivity contribution in [1.82, 2.24) is 9.97 Å². The molecule has 1 saturated carbocycles. The van der Waals surface area contributed by atoms with Crippen molar-refractivity contribution in [2.75, 3.05) is 11.5 Å². The Morgan fingerprint density at radius 3 is 2.41 bits per heavy atom. The molecule has 16 nitrogen and oxygen atoms in total. The zero-order chi connectivity index (χ0) is 39.9. The van der Waals surface area contributed by atoms with Crippen LogP contribution in [0.15, 0.2) is 73.2 Å². The lowest BCUT2D eigenvalue weighted by atomic mass is 9.69. The fourth-order valence-corrected chi connectivity index (χ4v) is 8.45. The van der Waals surface area contributed by atoms with E-state index in [1.54, 1.807) is 42.6 Å². The first-order chi connectivity index (χ1) is 26.7. The number of aromatic nitrogens is 2. The number of imidazole rings is 1. The van der Waals surface area contributed by atoms with E-state index in [1.165, 1.54) is 30.6 Å². The number of aliphatic hydroxyl groups excluding tert-OH is 4. The Labute approximate surface area is 320 Å². The highest BCUT2D eigenvalue weighted by atomic mass is 16.8. The summed E-state index contributed by atoms with van der Waals surface area (Å²) < 4.78 is 10.8. The summed E-state index contributed by atoms with van der Waals surface area (Å²) in [5, 5.41) is 95.8. The molecule has 1 saturated heterocycles. The number of anilines is 1. The number of rotatable bonds is 11. The molecule has 2 fully saturated rings. The van der Waals surface area contributed by atoms with Gasteiger partial charge < -0.3 is 60.4 Å². The van der Waals surface area contributed by atoms with Gasteiger partial charge in [-0.2, -0.15) is 0 Å². The minimum atomic E-state index is -3.12. The summed E-state index contributed by atoms with van der Waals surface area (Å²) in [6.45, 7) is -0.895. The number of nitrogens with one attached hydrogen (secondary N) is 1. The lowest BCUT2D eigenvalue weighted by Crippen LogP contribution is -2.67. The van der Waals surface area contributed by atoms with Crippen molar-refractivity contribution in [1.29, 1.82) is 0 Å². The first-order valence-corrected chi connectivity index (χ1v) is 18.2. The average Bonchev–Trinajstić information content (AvgIpc) is 3.94. The van der Waals surface area contributed by atoms with Crippen LogP contribution in [0.2, 0.25) is 0 Å². The van der Waals surface area contributed by atoms with Crippen LogP contribution in [0.1, 0.15) is 66.0 Å². The molecule has 2 aliphatic heterocycles. The lowest BCUT2D eigenvalue weighted by Gasteiger charge is -2.44. The zero-order valence-corrected chi connectivity index (χ0v) is 30.0. The molecule has 0 radical (unpaired) electrons. The van der Waals surface area contributed by atoms with Gasteiger partial charge in [-0.1, -0.05) is 37.1 Å². The predicted molar refractivity (Wildman–Crippen MR) is 197 cm³/mol. The molecule has 7 unspecified atom stereocenters. The van der Waals surface area contributed by atoms with E-state index in [0.717, 1.165) is 29.5 Å². The Morgan fingerprint density at radius 2 is 1.73 bits per heavy atom. The highest BCUT2D eigenvalue weighted by Gasteiger charge is 2.56. The molecule has 3 aromatic carbocycles. The summed E-state index contributed by atoms with van der Waals surface area (Å²) in [7, 11) is 0. The van der Waals surface area contributed by atoms with Crippen LogP contribution in [0.3, 0.4) is 0 Å². The summed E-state index contributed by atoms with van der Waals surface area (Å²) >= 11 is 0. The number of benzene rings is 3. The van der Waals surface area contributed by atoms with Gasteiger partial charge in [0, 0.05) is 47.5 Å². The number of carboxylic acid groups (broad SMARTS) is 1. The maximum Gasteiger partial charge on any atom is 0.355 e. The van der Waals surface area contributed by atoms with Gasteiger partial charge in [-0.15, -0.1) is 0 Å². The molecule has 56 heavy (non-hydrogen) atoms. The van der Waals surface area contributed by atoms with Crippen molar-refractivity contribution < 1.29 is 65.0 Å². The largest absolute Gasteiger partial charge is 0.508 e. The van der Waals surface area contributed by atoms with Crippen molar-refractivity contribution >= 4 is 23.6 Å². The molecule has 1 aromatic heterocycles. The van der Waals surface area contributed by atoms with Crippen LogP contribution in [0.5, 0.6) is 23.0 Å². The number of ether oxygens (including phenoxy) is 2. The number of nitrogens with zero attached hydrogens (tertiary/aromatic N) is 2. The number of amides is 1. The summed E-state index contributed by atoms with van der Waals surface area (Å²) in [5.74, 6) is -7.38. The quantitative estimate of drug-likeness (QED) is 0.0773. The molecule has 296 valence electrons. The number of H-pyrrole nitrogens is 1. The second-order valence-corrected chi connectivity index (χ2v) is 14.7. The SMILES string of the molecule is O=C(O)C1C(CC2(c3ccccc3O)CCCC2)c2cc(O)c(OC3(O)OC(CO)C(O)C(O)C3O)cc2N1C(=O)C=Cc1ccc(O)c(Cc2cnc[nH]2)c1. The van der Waals surface area contributed by atoms with E-state index in [2.05, 4.69) is 9.97 Å². The van der Waals surface area contributed by atoms with Crippen LogP contribution in [-0.2, 0) is 26.2 Å². The second-order valence-electron chi connectivity index (χ2n) is 14.7. The first kappa shape index (κ1) is 38.8. The van der Waals surface area contributed by atoms with Gasteiger partial charge in [-0.25, -0.2) is 9.78 Å². The van der Waals surface area contributed by atoms with Gasteiger partial charge in [-0.3, -0.25) is 9.69 Å². The van der Waals surface area contributed by atoms with Gasteiger partial charge in [0.05, 0.1) is 18.6 Å². The standard InChI is InChI=1S/C40H43N3O13/c44-19-32-35(49)36(50)37(51)40(54,56-32)55-31-16-27-24(15-30(31)47)25(17-39(11-3-4-12-39)26-5-1-2-6-29(26)46)34(38(52)53)43(27)33(48)10-8-21-7-9-28(45)22(13-21)14-23-18-41-20-42-23/h1-2,5-10,13,15-16,18,20,25,32,34-37,44-47,49-51,54H,3-4,11-12,14,17,19H2,(H,41,42)(H,52,53). The summed E-state index contributed by atoms with van der Waals surface area (Å²) in [6, 6.07) is 12.3. The van der Waals surface area contributed by atoms with Crippen molar-refractivity contribution in [3.63, 3.8) is 0 Å². The Hall–Kier alpha value is -5.49. The maximum atomic E-state index is 14.3. The van der Waals surface area contributed by atoms with Crippen LogP contribution >= 0.6 is 0 Å². The van der Waals surface area contributed by atoms with Crippen molar-refractivity contribution in [3.05, 3.63) is 101 Å². The first-order valence-electron chi connectivity index (χ1n) is 18.2. The third kappa shape index (κ3) is 7.06. The third-order valence-electron chi connectivity index (χ3n) is 11.2. The zero-order valence-electron chi connectivity index (χ0n) is 30.0. The number of aromatic amines is 1. The van der Waals surface area contributed by atoms with Crippen LogP contribution in [0.4, 0.5) is 5.69 Å². The molecule has 16 heteroatoms. The highest BCUT2D eigenvalue weighted by Crippen LogP contribution is 2.56. The van der Waals surface area contributed by atoms with Gasteiger partial charge in [0.2, 0.25) is 0 Å². The molecule has 3 heterocycles. The number of fused-ring (bicyclic) bond motifs is 1. The minimum Gasteiger partial charge on any atom is -0.508 e. The maximum absolute atomic E-state index is 14.3. The number of hydrogen-bond donors (Lipinski definition) is 10. The Morgan fingerprint density at radius 1 is 0.982 bits per heavy atom. The Bertz CT molecular complexity index is 2120. The van der Waals surface area contributed by atoms with E-state index in [4.69, 9.17) is 9.47 Å². The fraction of sp³-hybridized carbons (Fsp3) is 0.375. The molecule has 7 rings (SSSR count). The van der Waals surface area contributed by atoms with Gasteiger partial charge in [0.1, 0.15) is 35.9 Å². The smallest absolute Gasteiger partial charge is 0.355 e. The van der Waals surface area contributed by atoms with Crippen LogP contribution in [0, 0.1) is 0 Å². The van der Waals surface area contributed by atoms with Crippen molar-refractivity contribution in [2.45, 2.75) is 86.3 Å². The number of para-hydroxylation sites is 1. The molecule has 3 aliphatic rings. The molecular formula is C40H43N3O13. The number of carbonyl (C=O) groups excluding carboxylic acids is 1. The van der Waals surface area contributed by atoms with E-state index in [-0.39, 0.29) is 29.2 Å². The number of hydrogen-bond acceptors (Lipinski definition) is 13. The number of aromatic hydroxyl groups is 3. The van der Waals surface area contributed by atoms with E-state index in [1.807, 2.05) is 0 Å². The summed E-state index contributed by atoms with van der Waals surface area (Å²) in [5.41, 5.74) is 1.96. The van der Waals surface area contributed by atoms with Gasteiger partial charge >= 0.3 is 11.9 Å². The Kier molecular flexibility index (Phi) is 10.5. The molecule has 7 atom stereocenters. The van der Waals surface area contributed by atoms with Crippen molar-refractivity contribution in [3.8, 4) is 23.0 Å². The molecule has 0 spiro atoms. The Balaban J connectivity index is 1.30. The molecule has 10 N–H and O–H groups in total.